The molecule has 1 aromatic heterocycles. The van der Waals surface area contributed by atoms with Crippen LogP contribution in [0.4, 0.5) is 11.4 Å². The maximum absolute atomic E-state index is 13.1. The second-order valence-corrected chi connectivity index (χ2v) is 7.58. The molecule has 0 saturated carbocycles. The molecule has 28 heavy (non-hydrogen) atoms. The van der Waals surface area contributed by atoms with E-state index in [1.165, 1.54) is 6.07 Å². The molecule has 0 bridgehead atoms. The van der Waals surface area contributed by atoms with Crippen LogP contribution in [-0.2, 0) is 11.3 Å². The van der Waals surface area contributed by atoms with Gasteiger partial charge in [0, 0.05) is 31.1 Å². The number of para-hydroxylation sites is 2. The van der Waals surface area contributed by atoms with E-state index in [9.17, 15) is 14.9 Å². The molecule has 7 nitrogen and oxygen atoms in total. The molecule has 0 radical (unpaired) electrons. The lowest BCUT2D eigenvalue weighted by Gasteiger charge is -2.36. The summed E-state index contributed by atoms with van der Waals surface area (Å²) in [6.45, 7) is 7.64. The number of rotatable bonds is 6. The van der Waals surface area contributed by atoms with Crippen LogP contribution in [0, 0.1) is 23.0 Å². The van der Waals surface area contributed by atoms with E-state index in [0.717, 1.165) is 11.5 Å². The van der Waals surface area contributed by atoms with Crippen LogP contribution in [0.1, 0.15) is 38.2 Å². The summed E-state index contributed by atoms with van der Waals surface area (Å²) in [6, 6.07) is 10.7. The molecular weight excluding hydrogens is 358 g/mol. The van der Waals surface area contributed by atoms with Crippen molar-refractivity contribution in [3.05, 3.63) is 58.0 Å². The van der Waals surface area contributed by atoms with Gasteiger partial charge in [-0.1, -0.05) is 12.1 Å². The van der Waals surface area contributed by atoms with E-state index in [1.54, 1.807) is 12.1 Å². The molecule has 2 aromatic rings. The average Bonchev–Trinajstić information content (AvgIpc) is 3.10. The van der Waals surface area contributed by atoms with E-state index in [1.807, 2.05) is 48.8 Å². The van der Waals surface area contributed by atoms with Crippen LogP contribution in [-0.4, -0.2) is 34.9 Å². The predicted octanol–water partition coefficient (Wildman–Crippen LogP) is 4.15. The van der Waals surface area contributed by atoms with Gasteiger partial charge < -0.3 is 14.2 Å². The van der Waals surface area contributed by atoms with Crippen LogP contribution in [0.5, 0.6) is 0 Å². The second-order valence-electron chi connectivity index (χ2n) is 7.58. The first-order chi connectivity index (χ1) is 13.4. The quantitative estimate of drug-likeness (QED) is 0.551. The predicted molar refractivity (Wildman–Crippen MR) is 107 cm³/mol. The van der Waals surface area contributed by atoms with Crippen molar-refractivity contribution in [3.63, 3.8) is 0 Å². The molecule has 1 amide bonds. The summed E-state index contributed by atoms with van der Waals surface area (Å²) < 4.78 is 5.65. The first-order valence-corrected chi connectivity index (χ1v) is 9.71. The molecule has 0 N–H and O–H groups in total. The van der Waals surface area contributed by atoms with Crippen molar-refractivity contribution < 1.29 is 14.1 Å². The van der Waals surface area contributed by atoms with Crippen LogP contribution in [0.25, 0.3) is 0 Å². The number of amides is 1. The molecule has 0 spiro atoms. The fraction of sp³-hybridized carbons (Fsp3) is 0.476. The number of nitrogens with zero attached hydrogens (tertiary/aromatic N) is 3. The summed E-state index contributed by atoms with van der Waals surface area (Å²) in [4.78, 5) is 27.9. The highest BCUT2D eigenvalue weighted by Gasteiger charge is 2.31. The Morgan fingerprint density at radius 3 is 2.50 bits per heavy atom. The number of hydrogen-bond acceptors (Lipinski definition) is 5. The largest absolute Gasteiger partial charge is 0.464 e. The van der Waals surface area contributed by atoms with E-state index >= 15 is 0 Å². The number of carbonyl (C=O) groups is 1. The first kappa shape index (κ1) is 19.9. The number of anilines is 1. The fourth-order valence-corrected chi connectivity index (χ4v) is 3.74. The Bertz CT molecular complexity index is 838. The van der Waals surface area contributed by atoms with Gasteiger partial charge in [-0.2, -0.15) is 0 Å². The highest BCUT2D eigenvalue weighted by Crippen LogP contribution is 2.32. The summed E-state index contributed by atoms with van der Waals surface area (Å²) in [5.74, 6) is 1.68. The zero-order valence-corrected chi connectivity index (χ0v) is 16.6. The van der Waals surface area contributed by atoms with Crippen molar-refractivity contribution in [1.82, 2.24) is 4.90 Å². The fourth-order valence-electron chi connectivity index (χ4n) is 3.74. The number of carbonyl (C=O) groups excluding carboxylic acids is 1. The number of nitro groups is 1. The molecule has 150 valence electrons. The smallest absolute Gasteiger partial charge is 0.292 e. The molecule has 1 aromatic carbocycles. The van der Waals surface area contributed by atoms with E-state index in [4.69, 9.17) is 4.42 Å². The molecule has 1 saturated heterocycles. The van der Waals surface area contributed by atoms with Crippen molar-refractivity contribution in [1.29, 1.82) is 0 Å². The summed E-state index contributed by atoms with van der Waals surface area (Å²) in [7, 11) is 0. The van der Waals surface area contributed by atoms with Gasteiger partial charge in [0.05, 0.1) is 11.5 Å². The normalized spacial score (nSPS) is 15.1. The standard InChI is InChI=1S/C21H27N3O4/c1-15(2)23(14-18-9-8-16(3)28-18)21(25)17-10-12-22(13-11-17)19-6-4-5-7-20(19)24(26)27/h4-9,15,17H,10-14H2,1-3H3. The highest BCUT2D eigenvalue weighted by molar-refractivity contribution is 5.79. The topological polar surface area (TPSA) is 79.8 Å². The number of piperidine rings is 1. The van der Waals surface area contributed by atoms with Gasteiger partial charge in [0.25, 0.3) is 5.69 Å². The summed E-state index contributed by atoms with van der Waals surface area (Å²) in [6.07, 6.45) is 1.37. The zero-order chi connectivity index (χ0) is 20.3. The van der Waals surface area contributed by atoms with Gasteiger partial charge in [0.1, 0.15) is 17.2 Å². The molecule has 0 aliphatic carbocycles. The minimum atomic E-state index is -0.349. The van der Waals surface area contributed by atoms with Crippen LogP contribution in [0.15, 0.2) is 40.8 Å². The van der Waals surface area contributed by atoms with Crippen LogP contribution in [0.2, 0.25) is 0 Å². The molecule has 2 heterocycles. The number of aryl methyl sites for hydroxylation is 1. The van der Waals surface area contributed by atoms with Gasteiger partial charge >= 0.3 is 0 Å². The third-order valence-corrected chi connectivity index (χ3v) is 5.29. The van der Waals surface area contributed by atoms with Crippen molar-refractivity contribution >= 4 is 17.3 Å². The molecule has 1 fully saturated rings. The number of furan rings is 1. The monoisotopic (exact) mass is 385 g/mol. The van der Waals surface area contributed by atoms with Gasteiger partial charge in [0.2, 0.25) is 5.91 Å². The minimum absolute atomic E-state index is 0.0718. The molecule has 0 unspecified atom stereocenters. The van der Waals surface area contributed by atoms with Crippen molar-refractivity contribution in [2.24, 2.45) is 5.92 Å². The third-order valence-electron chi connectivity index (χ3n) is 5.29. The lowest BCUT2D eigenvalue weighted by Crippen LogP contribution is -2.45. The molecule has 0 atom stereocenters. The Morgan fingerprint density at radius 1 is 1.25 bits per heavy atom. The molecular formula is C21H27N3O4. The van der Waals surface area contributed by atoms with Gasteiger partial charge in [-0.05, 0) is 51.8 Å². The molecule has 7 heteroatoms. The Kier molecular flexibility index (Phi) is 6.02. The molecule has 1 aliphatic heterocycles. The summed E-state index contributed by atoms with van der Waals surface area (Å²) in [5.41, 5.74) is 0.745. The van der Waals surface area contributed by atoms with Gasteiger partial charge in [-0.3, -0.25) is 14.9 Å². The summed E-state index contributed by atoms with van der Waals surface area (Å²) in [5, 5.41) is 11.3. The van der Waals surface area contributed by atoms with Crippen molar-refractivity contribution in [2.75, 3.05) is 18.0 Å². The van der Waals surface area contributed by atoms with Gasteiger partial charge in [0.15, 0.2) is 0 Å². The van der Waals surface area contributed by atoms with E-state index < -0.39 is 0 Å². The number of nitro benzene ring substituents is 1. The highest BCUT2D eigenvalue weighted by atomic mass is 16.6. The van der Waals surface area contributed by atoms with Crippen LogP contribution in [0.3, 0.4) is 0 Å². The summed E-state index contributed by atoms with van der Waals surface area (Å²) >= 11 is 0. The number of hydrogen-bond donors (Lipinski definition) is 0. The number of benzene rings is 1. The Morgan fingerprint density at radius 2 is 1.93 bits per heavy atom. The van der Waals surface area contributed by atoms with Crippen molar-refractivity contribution in [2.45, 2.75) is 46.2 Å². The lowest BCUT2D eigenvalue weighted by atomic mass is 9.94. The lowest BCUT2D eigenvalue weighted by molar-refractivity contribution is -0.384. The Balaban J connectivity index is 1.66. The molecule has 3 rings (SSSR count). The van der Waals surface area contributed by atoms with E-state index in [0.29, 0.717) is 38.2 Å². The Hall–Kier alpha value is -2.83. The Labute approximate surface area is 165 Å². The van der Waals surface area contributed by atoms with Gasteiger partial charge in [-0.15, -0.1) is 0 Å². The van der Waals surface area contributed by atoms with Gasteiger partial charge in [-0.25, -0.2) is 0 Å². The first-order valence-electron chi connectivity index (χ1n) is 9.71. The maximum Gasteiger partial charge on any atom is 0.292 e. The SMILES string of the molecule is Cc1ccc(CN(C(=O)C2CCN(c3ccccc3[N+](=O)[O-])CC2)C(C)C)o1. The van der Waals surface area contributed by atoms with E-state index in [-0.39, 0.29) is 28.5 Å². The second kappa shape index (κ2) is 8.46. The molecule has 1 aliphatic rings. The zero-order valence-electron chi connectivity index (χ0n) is 16.6. The average molecular weight is 385 g/mol. The van der Waals surface area contributed by atoms with Crippen LogP contribution >= 0.6 is 0 Å². The minimum Gasteiger partial charge on any atom is -0.464 e. The van der Waals surface area contributed by atoms with Crippen molar-refractivity contribution in [3.8, 4) is 0 Å². The maximum atomic E-state index is 13.1. The third kappa shape index (κ3) is 4.35. The van der Waals surface area contributed by atoms with Crippen LogP contribution < -0.4 is 4.90 Å². The van der Waals surface area contributed by atoms with E-state index in [2.05, 4.69) is 0 Å².